The molecule has 1 heterocycles. The molecule has 2 heteroatoms. The molecule has 0 amide bonds. The van der Waals surface area contributed by atoms with Gasteiger partial charge in [-0.2, -0.15) is 0 Å². The van der Waals surface area contributed by atoms with Crippen LogP contribution in [0.3, 0.4) is 0 Å². The molecule has 9 heavy (non-hydrogen) atoms. The largest absolute Gasteiger partial charge is 0.262 e. The fourth-order valence-electron chi connectivity index (χ4n) is 0.687. The molecule has 0 aliphatic rings. The van der Waals surface area contributed by atoms with Crippen LogP contribution in [0, 0.1) is 13.8 Å². The van der Waals surface area contributed by atoms with E-state index in [1.807, 2.05) is 19.2 Å². The Morgan fingerprint density at radius 3 is 2.33 bits per heavy atom. The van der Waals surface area contributed by atoms with Crippen molar-refractivity contribution in [2.75, 3.05) is 0 Å². The van der Waals surface area contributed by atoms with Crippen molar-refractivity contribution in [1.29, 1.82) is 0 Å². The van der Waals surface area contributed by atoms with Crippen LogP contribution < -0.4 is 0 Å². The van der Waals surface area contributed by atoms with Gasteiger partial charge in [0.15, 0.2) is 0 Å². The third-order valence-electron chi connectivity index (χ3n) is 1.05. The molecule has 0 saturated carbocycles. The van der Waals surface area contributed by atoms with Gasteiger partial charge >= 0.3 is 0 Å². The van der Waals surface area contributed by atoms with Gasteiger partial charge in [-0.1, -0.05) is 0 Å². The summed E-state index contributed by atoms with van der Waals surface area (Å²) in [6, 6.07) is 4.05. The molecule has 0 saturated heterocycles. The van der Waals surface area contributed by atoms with Gasteiger partial charge in [0.05, 0.1) is 0 Å². The molecule has 0 atom stereocenters. The maximum atomic E-state index is 4.04. The molecule has 0 bridgehead atoms. The number of aromatic nitrogens is 1. The van der Waals surface area contributed by atoms with E-state index in [2.05, 4.69) is 18.0 Å². The van der Waals surface area contributed by atoms with Gasteiger partial charge in [-0.05, 0) is 31.5 Å². The third kappa shape index (κ3) is 2.76. The predicted octanol–water partition coefficient (Wildman–Crippen LogP) is 1.70. The normalized spacial score (nSPS) is 8.22. The molecule has 0 aliphatic heterocycles. The van der Waals surface area contributed by atoms with Crippen LogP contribution in [0.25, 0.3) is 0 Å². The maximum Gasteiger partial charge on any atom is 0.0375 e. The molecule has 0 fully saturated rings. The van der Waals surface area contributed by atoms with Crippen molar-refractivity contribution in [3.63, 3.8) is 0 Å². The zero-order valence-corrected chi connectivity index (χ0v) is 7.77. The van der Waals surface area contributed by atoms with E-state index in [-0.39, 0.29) is 21.1 Å². The fourth-order valence-corrected chi connectivity index (χ4v) is 0.687. The van der Waals surface area contributed by atoms with Crippen molar-refractivity contribution in [1.82, 2.24) is 4.98 Å². The molecule has 0 aromatic carbocycles. The molecule has 0 radical (unpaired) electrons. The summed E-state index contributed by atoms with van der Waals surface area (Å²) in [7, 11) is 0. The summed E-state index contributed by atoms with van der Waals surface area (Å²) in [6.07, 6.45) is 1.82. The van der Waals surface area contributed by atoms with E-state index in [1.54, 1.807) is 0 Å². The van der Waals surface area contributed by atoms with Crippen molar-refractivity contribution in [3.8, 4) is 0 Å². The van der Waals surface area contributed by atoms with Crippen LogP contribution in [0.2, 0.25) is 0 Å². The molecule has 1 aromatic heterocycles. The number of nitrogens with zero attached hydrogens (tertiary/aromatic N) is 1. The average Bonchev–Trinajstić information content (AvgIpc) is 1.64. The summed E-state index contributed by atoms with van der Waals surface area (Å²) < 4.78 is 0. The Kier molecular flexibility index (Phi) is 3.72. The minimum Gasteiger partial charge on any atom is -0.262 e. The molecule has 0 spiro atoms. The van der Waals surface area contributed by atoms with E-state index in [1.165, 1.54) is 5.56 Å². The van der Waals surface area contributed by atoms with E-state index >= 15 is 0 Å². The molecule has 0 aliphatic carbocycles. The molecule has 0 N–H and O–H groups in total. The third-order valence-corrected chi connectivity index (χ3v) is 1.05. The minimum atomic E-state index is 0. The fraction of sp³-hybridized carbons (Fsp3) is 0.286. The van der Waals surface area contributed by atoms with Crippen LogP contribution >= 0.6 is 0 Å². The first-order valence-corrected chi connectivity index (χ1v) is 2.68. The monoisotopic (exact) mass is 302 g/mol. The van der Waals surface area contributed by atoms with Crippen LogP contribution in [0.4, 0.5) is 0 Å². The first kappa shape index (κ1) is 8.84. The Hall–Kier alpha value is -0.162. The van der Waals surface area contributed by atoms with Crippen molar-refractivity contribution in [2.24, 2.45) is 0 Å². The van der Waals surface area contributed by atoms with E-state index in [0.717, 1.165) is 5.69 Å². The van der Waals surface area contributed by atoms with Crippen molar-refractivity contribution >= 4 is 0 Å². The van der Waals surface area contributed by atoms with Crippen molar-refractivity contribution in [2.45, 2.75) is 13.8 Å². The second-order valence-corrected chi connectivity index (χ2v) is 1.97. The quantitative estimate of drug-likeness (QED) is 0.711. The first-order valence-electron chi connectivity index (χ1n) is 2.68. The second kappa shape index (κ2) is 3.79. The summed E-state index contributed by atoms with van der Waals surface area (Å²) in [6.45, 7) is 4.06. The number of hydrogen-bond acceptors (Lipinski definition) is 1. The number of rotatable bonds is 0. The number of aryl methyl sites for hydroxylation is 2. The van der Waals surface area contributed by atoms with Gasteiger partial charge < -0.3 is 0 Å². The maximum absolute atomic E-state index is 4.04. The molecular weight excluding hydrogens is 293 g/mol. The molecule has 0 unspecified atom stereocenters. The minimum absolute atomic E-state index is 0. The van der Waals surface area contributed by atoms with E-state index in [4.69, 9.17) is 0 Å². The Labute approximate surface area is 69.8 Å². The van der Waals surface area contributed by atoms with E-state index < -0.39 is 0 Å². The zero-order chi connectivity index (χ0) is 5.98. The van der Waals surface area contributed by atoms with Crippen LogP contribution in [0.1, 0.15) is 11.3 Å². The van der Waals surface area contributed by atoms with Crippen molar-refractivity contribution in [3.05, 3.63) is 29.6 Å². The van der Waals surface area contributed by atoms with Gasteiger partial charge in [-0.15, -0.1) is 0 Å². The van der Waals surface area contributed by atoms with Gasteiger partial charge in [0.2, 0.25) is 0 Å². The van der Waals surface area contributed by atoms with Gasteiger partial charge in [-0.25, -0.2) is 0 Å². The molecule has 1 nitrogen and oxygen atoms in total. The topological polar surface area (TPSA) is 12.9 Å². The standard InChI is InChI=1S/C7H9N.Pt/c1-6-3-4-8-7(2)5-6;/h3-5H,1-2H3;. The van der Waals surface area contributed by atoms with E-state index in [0.29, 0.717) is 0 Å². The first-order chi connectivity index (χ1) is 3.79. The smallest absolute Gasteiger partial charge is 0.0375 e. The van der Waals surface area contributed by atoms with Crippen LogP contribution in [0.5, 0.6) is 0 Å². The number of pyridine rings is 1. The van der Waals surface area contributed by atoms with Gasteiger partial charge in [0.25, 0.3) is 0 Å². The predicted molar refractivity (Wildman–Crippen MR) is 33.7 cm³/mol. The summed E-state index contributed by atoms with van der Waals surface area (Å²) in [4.78, 5) is 4.04. The summed E-state index contributed by atoms with van der Waals surface area (Å²) >= 11 is 0. The van der Waals surface area contributed by atoms with Gasteiger partial charge in [-0.3, -0.25) is 4.98 Å². The van der Waals surface area contributed by atoms with Crippen LogP contribution in [0.15, 0.2) is 18.3 Å². The van der Waals surface area contributed by atoms with Gasteiger partial charge in [0.1, 0.15) is 0 Å². The Morgan fingerprint density at radius 2 is 2.00 bits per heavy atom. The zero-order valence-electron chi connectivity index (χ0n) is 5.50. The van der Waals surface area contributed by atoms with Crippen LogP contribution in [-0.2, 0) is 21.1 Å². The number of hydrogen-bond donors (Lipinski definition) is 0. The molecular formula is C7H9NPt. The van der Waals surface area contributed by atoms with E-state index in [9.17, 15) is 0 Å². The summed E-state index contributed by atoms with van der Waals surface area (Å²) in [5.74, 6) is 0. The average molecular weight is 302 g/mol. The Bertz CT molecular complexity index is 169. The Balaban J connectivity index is 0.000000640. The van der Waals surface area contributed by atoms with Gasteiger partial charge in [0, 0.05) is 33.0 Å². The molecule has 1 rings (SSSR count). The summed E-state index contributed by atoms with van der Waals surface area (Å²) in [5, 5.41) is 0. The second-order valence-electron chi connectivity index (χ2n) is 1.97. The molecule has 52 valence electrons. The molecule has 1 aromatic rings. The SMILES string of the molecule is Cc1ccnc(C)c1.[Pt]. The summed E-state index contributed by atoms with van der Waals surface area (Å²) in [5.41, 5.74) is 2.36. The Morgan fingerprint density at radius 1 is 1.33 bits per heavy atom. The van der Waals surface area contributed by atoms with Crippen LogP contribution in [-0.4, -0.2) is 4.98 Å². The van der Waals surface area contributed by atoms with Crippen molar-refractivity contribution < 1.29 is 21.1 Å².